The van der Waals surface area contributed by atoms with Crippen molar-refractivity contribution < 1.29 is 0 Å². The zero-order valence-electron chi connectivity index (χ0n) is 23.1. The lowest BCUT2D eigenvalue weighted by molar-refractivity contribution is 0.660. The van der Waals surface area contributed by atoms with Gasteiger partial charge < -0.3 is 4.90 Å². The summed E-state index contributed by atoms with van der Waals surface area (Å²) in [7, 11) is 0. The third kappa shape index (κ3) is 3.68. The summed E-state index contributed by atoms with van der Waals surface area (Å²) in [4.78, 5) is 2.43. The molecule has 41 heavy (non-hydrogen) atoms. The second kappa shape index (κ2) is 9.19. The standard InChI is InChI=1S/C39H29NS/c1-39(2)33-19-9-6-15-28(33)32-25-27(23-24-34(32)39)40(26-13-4-3-5-14-26)35-20-10-7-16-29(35)30-18-12-22-37-38(30)31-17-8-11-21-36(31)41-37/h3-25H,1-2H3. The van der Waals surface area contributed by atoms with Crippen molar-refractivity contribution in [2.45, 2.75) is 19.3 Å². The van der Waals surface area contributed by atoms with Crippen molar-refractivity contribution in [2.24, 2.45) is 0 Å². The van der Waals surface area contributed by atoms with Gasteiger partial charge in [-0.3, -0.25) is 0 Å². The van der Waals surface area contributed by atoms with Crippen molar-refractivity contribution >= 4 is 48.6 Å². The van der Waals surface area contributed by atoms with Gasteiger partial charge in [0.2, 0.25) is 0 Å². The molecule has 7 aromatic rings. The number of hydrogen-bond acceptors (Lipinski definition) is 2. The molecule has 1 aliphatic rings. The summed E-state index contributed by atoms with van der Waals surface area (Å²) in [6.07, 6.45) is 0. The van der Waals surface area contributed by atoms with E-state index in [1.807, 2.05) is 11.3 Å². The molecule has 6 aromatic carbocycles. The smallest absolute Gasteiger partial charge is 0.0540 e. The summed E-state index contributed by atoms with van der Waals surface area (Å²) in [5.41, 5.74) is 11.4. The number of thiophene rings is 1. The van der Waals surface area contributed by atoms with E-state index in [1.165, 1.54) is 59.2 Å². The van der Waals surface area contributed by atoms with Crippen LogP contribution in [0.25, 0.3) is 42.4 Å². The zero-order chi connectivity index (χ0) is 27.6. The lowest BCUT2D eigenvalue weighted by Crippen LogP contribution is -2.15. The Kier molecular flexibility index (Phi) is 5.42. The van der Waals surface area contributed by atoms with Gasteiger partial charge in [-0.25, -0.2) is 0 Å². The molecule has 8 rings (SSSR count). The van der Waals surface area contributed by atoms with E-state index < -0.39 is 0 Å². The van der Waals surface area contributed by atoms with E-state index in [-0.39, 0.29) is 5.41 Å². The number of para-hydroxylation sites is 2. The normalized spacial score (nSPS) is 13.3. The van der Waals surface area contributed by atoms with Crippen molar-refractivity contribution in [3.63, 3.8) is 0 Å². The Bertz CT molecular complexity index is 2080. The van der Waals surface area contributed by atoms with Gasteiger partial charge in [0.05, 0.1) is 5.69 Å². The van der Waals surface area contributed by atoms with Gasteiger partial charge in [0, 0.05) is 42.5 Å². The Hall–Kier alpha value is -4.66. The molecule has 0 N–H and O–H groups in total. The van der Waals surface area contributed by atoms with Gasteiger partial charge in [-0.05, 0) is 70.3 Å². The number of hydrogen-bond donors (Lipinski definition) is 0. The van der Waals surface area contributed by atoms with E-state index >= 15 is 0 Å². The van der Waals surface area contributed by atoms with Crippen LogP contribution in [0.2, 0.25) is 0 Å². The van der Waals surface area contributed by atoms with Gasteiger partial charge in [-0.15, -0.1) is 11.3 Å². The van der Waals surface area contributed by atoms with Crippen molar-refractivity contribution in [1.82, 2.24) is 0 Å². The second-order valence-electron chi connectivity index (χ2n) is 11.4. The van der Waals surface area contributed by atoms with Crippen LogP contribution >= 0.6 is 11.3 Å². The van der Waals surface area contributed by atoms with Crippen molar-refractivity contribution in [3.05, 3.63) is 151 Å². The Morgan fingerprint density at radius 3 is 2.02 bits per heavy atom. The molecule has 0 radical (unpaired) electrons. The van der Waals surface area contributed by atoms with Crippen LogP contribution in [-0.2, 0) is 5.41 Å². The minimum atomic E-state index is -0.0183. The van der Waals surface area contributed by atoms with Crippen LogP contribution < -0.4 is 4.90 Å². The fraction of sp³-hybridized carbons (Fsp3) is 0.0769. The Labute approximate surface area is 245 Å². The molecular weight excluding hydrogens is 515 g/mol. The molecule has 2 heteroatoms. The fourth-order valence-corrected chi connectivity index (χ4v) is 7.88. The topological polar surface area (TPSA) is 3.24 Å². The number of benzene rings is 6. The molecule has 0 amide bonds. The third-order valence-corrected chi connectivity index (χ3v) is 9.81. The quantitative estimate of drug-likeness (QED) is 0.213. The van der Waals surface area contributed by atoms with Crippen LogP contribution in [0.15, 0.2) is 140 Å². The Morgan fingerprint density at radius 1 is 0.488 bits per heavy atom. The predicted octanol–water partition coefficient (Wildman–Crippen LogP) is 11.5. The summed E-state index contributed by atoms with van der Waals surface area (Å²) in [6.45, 7) is 4.68. The highest BCUT2D eigenvalue weighted by Gasteiger charge is 2.35. The molecule has 0 spiro atoms. The summed E-state index contributed by atoms with van der Waals surface area (Å²) in [5, 5.41) is 2.65. The van der Waals surface area contributed by atoms with E-state index in [4.69, 9.17) is 0 Å². The van der Waals surface area contributed by atoms with E-state index in [0.717, 1.165) is 11.4 Å². The zero-order valence-corrected chi connectivity index (χ0v) is 24.0. The van der Waals surface area contributed by atoms with Crippen LogP contribution in [0, 0.1) is 0 Å². The average Bonchev–Trinajstić information content (AvgIpc) is 3.51. The molecule has 1 aliphatic carbocycles. The van der Waals surface area contributed by atoms with E-state index in [2.05, 4.69) is 158 Å². The highest BCUT2D eigenvalue weighted by Crippen LogP contribution is 2.51. The van der Waals surface area contributed by atoms with Crippen LogP contribution in [-0.4, -0.2) is 0 Å². The van der Waals surface area contributed by atoms with E-state index in [0.29, 0.717) is 0 Å². The molecule has 0 fully saturated rings. The number of fused-ring (bicyclic) bond motifs is 6. The van der Waals surface area contributed by atoms with Gasteiger partial charge in [0.15, 0.2) is 0 Å². The minimum absolute atomic E-state index is 0.0183. The van der Waals surface area contributed by atoms with Crippen LogP contribution in [0.4, 0.5) is 17.1 Å². The third-order valence-electron chi connectivity index (χ3n) is 8.68. The van der Waals surface area contributed by atoms with Gasteiger partial charge in [0.25, 0.3) is 0 Å². The largest absolute Gasteiger partial charge is 0.310 e. The molecular formula is C39H29NS. The molecule has 0 atom stereocenters. The maximum Gasteiger partial charge on any atom is 0.0540 e. The number of anilines is 3. The molecule has 0 saturated carbocycles. The molecule has 0 unspecified atom stereocenters. The maximum atomic E-state index is 2.43. The molecule has 1 heterocycles. The highest BCUT2D eigenvalue weighted by molar-refractivity contribution is 7.25. The van der Waals surface area contributed by atoms with Crippen LogP contribution in [0.1, 0.15) is 25.0 Å². The molecule has 0 aliphatic heterocycles. The van der Waals surface area contributed by atoms with Crippen LogP contribution in [0.5, 0.6) is 0 Å². The van der Waals surface area contributed by atoms with E-state index in [1.54, 1.807) is 0 Å². The monoisotopic (exact) mass is 543 g/mol. The summed E-state index contributed by atoms with van der Waals surface area (Å²) in [6, 6.07) is 51.1. The molecule has 196 valence electrons. The first-order valence-electron chi connectivity index (χ1n) is 14.2. The number of nitrogens with zero attached hydrogens (tertiary/aromatic N) is 1. The molecule has 0 bridgehead atoms. The lowest BCUT2D eigenvalue weighted by Gasteiger charge is -2.29. The second-order valence-corrected chi connectivity index (χ2v) is 12.4. The van der Waals surface area contributed by atoms with Gasteiger partial charge in [-0.1, -0.05) is 111 Å². The van der Waals surface area contributed by atoms with Crippen LogP contribution in [0.3, 0.4) is 0 Å². The molecule has 1 aromatic heterocycles. The van der Waals surface area contributed by atoms with Gasteiger partial charge >= 0.3 is 0 Å². The van der Waals surface area contributed by atoms with Crippen molar-refractivity contribution in [3.8, 4) is 22.3 Å². The Balaban J connectivity index is 1.38. The minimum Gasteiger partial charge on any atom is -0.310 e. The summed E-state index contributed by atoms with van der Waals surface area (Å²) >= 11 is 1.87. The van der Waals surface area contributed by atoms with E-state index in [9.17, 15) is 0 Å². The van der Waals surface area contributed by atoms with Crippen molar-refractivity contribution in [2.75, 3.05) is 4.90 Å². The Morgan fingerprint density at radius 2 is 1.15 bits per heavy atom. The first-order valence-corrected chi connectivity index (χ1v) is 15.0. The SMILES string of the molecule is CC1(C)c2ccccc2-c2cc(N(c3ccccc3)c3ccccc3-c3cccc4sc5ccccc5c34)ccc21. The fourth-order valence-electron chi connectivity index (χ4n) is 6.75. The summed E-state index contributed by atoms with van der Waals surface area (Å²) in [5.74, 6) is 0. The number of rotatable bonds is 4. The average molecular weight is 544 g/mol. The lowest BCUT2D eigenvalue weighted by atomic mass is 9.82. The molecule has 0 saturated heterocycles. The van der Waals surface area contributed by atoms with Crippen molar-refractivity contribution in [1.29, 1.82) is 0 Å². The molecule has 1 nitrogen and oxygen atoms in total. The summed E-state index contributed by atoms with van der Waals surface area (Å²) < 4.78 is 2.65. The van der Waals surface area contributed by atoms with Gasteiger partial charge in [-0.2, -0.15) is 0 Å². The maximum absolute atomic E-state index is 2.43. The first kappa shape index (κ1) is 24.2. The highest BCUT2D eigenvalue weighted by atomic mass is 32.1. The predicted molar refractivity (Wildman–Crippen MR) is 177 cm³/mol. The van der Waals surface area contributed by atoms with Gasteiger partial charge in [0.1, 0.15) is 0 Å². The first-order chi connectivity index (χ1) is 20.1.